The van der Waals surface area contributed by atoms with Gasteiger partial charge < -0.3 is 0 Å². The monoisotopic (exact) mass is 332 g/mol. The number of benzene rings is 1. The van der Waals surface area contributed by atoms with Gasteiger partial charge in [0.25, 0.3) is 17.5 Å². The minimum Gasteiger partial charge on any atom is -0.282 e. The number of hydrogen-bond acceptors (Lipinski definition) is 7. The number of nitrogens with one attached hydrogen (secondary N) is 1. The van der Waals surface area contributed by atoms with Crippen molar-refractivity contribution in [2.24, 2.45) is 11.8 Å². The van der Waals surface area contributed by atoms with Crippen LogP contribution >= 0.6 is 0 Å². The van der Waals surface area contributed by atoms with E-state index in [0.29, 0.717) is 12.8 Å². The number of nitro groups is 2. The zero-order valence-corrected chi connectivity index (χ0v) is 12.2. The molecule has 2 amide bonds. The van der Waals surface area contributed by atoms with Gasteiger partial charge in [-0.1, -0.05) is 12.2 Å². The largest absolute Gasteiger partial charge is 0.300 e. The van der Waals surface area contributed by atoms with Gasteiger partial charge in [0, 0.05) is 6.07 Å². The fourth-order valence-electron chi connectivity index (χ4n) is 2.91. The molecule has 3 rings (SSSR count). The molecule has 1 saturated heterocycles. The van der Waals surface area contributed by atoms with Gasteiger partial charge >= 0.3 is 5.69 Å². The average Bonchev–Trinajstić information content (AvgIpc) is 2.80. The Morgan fingerprint density at radius 2 is 1.58 bits per heavy atom. The van der Waals surface area contributed by atoms with Crippen molar-refractivity contribution in [2.75, 3.05) is 5.43 Å². The number of hydrazine groups is 1. The molecule has 1 aliphatic carbocycles. The van der Waals surface area contributed by atoms with E-state index in [1.54, 1.807) is 0 Å². The number of rotatable bonds is 4. The Bertz CT molecular complexity index is 763. The lowest BCUT2D eigenvalue weighted by atomic mass is 9.85. The molecule has 1 aliphatic heterocycles. The second kappa shape index (κ2) is 5.72. The number of non-ortho nitro benzene ring substituents is 1. The molecule has 124 valence electrons. The summed E-state index contributed by atoms with van der Waals surface area (Å²) in [7, 11) is 0. The third-order valence-corrected chi connectivity index (χ3v) is 4.13. The fourth-order valence-corrected chi connectivity index (χ4v) is 2.91. The Kier molecular flexibility index (Phi) is 3.72. The van der Waals surface area contributed by atoms with E-state index in [0.717, 1.165) is 23.2 Å². The van der Waals surface area contributed by atoms with Gasteiger partial charge in [-0.3, -0.25) is 35.2 Å². The molecular formula is C14H12N4O6. The molecule has 2 aliphatic rings. The number of carbonyl (C=O) groups excluding carboxylic acids is 2. The molecule has 10 heteroatoms. The molecule has 1 aromatic rings. The van der Waals surface area contributed by atoms with Gasteiger partial charge in [0.15, 0.2) is 0 Å². The molecule has 1 aromatic carbocycles. The van der Waals surface area contributed by atoms with Crippen LogP contribution in [0.4, 0.5) is 17.1 Å². The van der Waals surface area contributed by atoms with E-state index in [9.17, 15) is 29.8 Å². The SMILES string of the molecule is O=C1C2CC=CCC2C(=O)N1Nc1ccc([N+](=O)[O-])cc1[N+](=O)[O-]. The molecule has 10 nitrogen and oxygen atoms in total. The summed E-state index contributed by atoms with van der Waals surface area (Å²) in [5.41, 5.74) is 1.26. The van der Waals surface area contributed by atoms with Crippen molar-refractivity contribution < 1.29 is 19.4 Å². The van der Waals surface area contributed by atoms with E-state index in [1.165, 1.54) is 0 Å². The van der Waals surface area contributed by atoms with Gasteiger partial charge in [-0.05, 0) is 18.9 Å². The summed E-state index contributed by atoms with van der Waals surface area (Å²) >= 11 is 0. The van der Waals surface area contributed by atoms with Crippen molar-refractivity contribution in [3.05, 3.63) is 50.6 Å². The molecule has 2 atom stereocenters. The molecule has 1 fully saturated rings. The van der Waals surface area contributed by atoms with Crippen LogP contribution in [-0.4, -0.2) is 26.7 Å². The van der Waals surface area contributed by atoms with Crippen LogP contribution in [0.15, 0.2) is 30.4 Å². The molecule has 0 aromatic heterocycles. The number of carbonyl (C=O) groups is 2. The number of nitrogens with zero attached hydrogens (tertiary/aromatic N) is 3. The Hall–Kier alpha value is -3.30. The number of anilines is 1. The standard InChI is InChI=1S/C14H12N4O6/c19-13-9-3-1-2-4-10(9)14(20)16(13)15-11-6-5-8(17(21)22)7-12(11)18(23)24/h1-2,5-7,9-10,15H,3-4H2. The van der Waals surface area contributed by atoms with Gasteiger partial charge in [0.05, 0.1) is 27.7 Å². The van der Waals surface area contributed by atoms with Crippen LogP contribution in [0.2, 0.25) is 0 Å². The van der Waals surface area contributed by atoms with Crippen LogP contribution in [0.3, 0.4) is 0 Å². The van der Waals surface area contributed by atoms with E-state index in [2.05, 4.69) is 5.43 Å². The minimum atomic E-state index is -0.811. The molecular weight excluding hydrogens is 320 g/mol. The van der Waals surface area contributed by atoms with E-state index in [4.69, 9.17) is 0 Å². The summed E-state index contributed by atoms with van der Waals surface area (Å²) < 4.78 is 0. The highest BCUT2D eigenvalue weighted by atomic mass is 16.6. The third-order valence-electron chi connectivity index (χ3n) is 4.13. The number of amides is 2. The summed E-state index contributed by atoms with van der Waals surface area (Å²) in [5, 5.41) is 22.6. The average molecular weight is 332 g/mol. The second-order valence-electron chi connectivity index (χ2n) is 5.50. The molecule has 2 unspecified atom stereocenters. The fraction of sp³-hybridized carbons (Fsp3) is 0.286. The maximum atomic E-state index is 12.3. The first-order valence-corrected chi connectivity index (χ1v) is 7.12. The van der Waals surface area contributed by atoms with Gasteiger partial charge in [-0.2, -0.15) is 5.01 Å². The Morgan fingerprint density at radius 3 is 2.08 bits per heavy atom. The lowest BCUT2D eigenvalue weighted by Crippen LogP contribution is -2.36. The van der Waals surface area contributed by atoms with E-state index < -0.39 is 44.9 Å². The number of hydrogen-bond donors (Lipinski definition) is 1. The van der Waals surface area contributed by atoms with Crippen molar-refractivity contribution in [1.29, 1.82) is 0 Å². The lowest BCUT2D eigenvalue weighted by Gasteiger charge is -2.17. The summed E-state index contributed by atoms with van der Waals surface area (Å²) in [4.78, 5) is 45.0. The first-order valence-electron chi connectivity index (χ1n) is 7.12. The summed E-state index contributed by atoms with van der Waals surface area (Å²) in [6.45, 7) is 0. The molecule has 24 heavy (non-hydrogen) atoms. The van der Waals surface area contributed by atoms with E-state index in [1.807, 2.05) is 12.2 Å². The van der Waals surface area contributed by atoms with Gasteiger partial charge in [-0.25, -0.2) is 0 Å². The second-order valence-corrected chi connectivity index (χ2v) is 5.50. The smallest absolute Gasteiger partial charge is 0.282 e. The van der Waals surface area contributed by atoms with Crippen LogP contribution in [0.5, 0.6) is 0 Å². The van der Waals surface area contributed by atoms with Crippen molar-refractivity contribution in [1.82, 2.24) is 5.01 Å². The van der Waals surface area contributed by atoms with Crippen molar-refractivity contribution in [2.45, 2.75) is 12.8 Å². The number of imide groups is 1. The van der Waals surface area contributed by atoms with Gasteiger partial charge in [0.2, 0.25) is 0 Å². The van der Waals surface area contributed by atoms with Crippen LogP contribution in [0, 0.1) is 32.1 Å². The quantitative estimate of drug-likeness (QED) is 0.384. The van der Waals surface area contributed by atoms with E-state index in [-0.39, 0.29) is 5.69 Å². The highest BCUT2D eigenvalue weighted by molar-refractivity contribution is 6.06. The summed E-state index contributed by atoms with van der Waals surface area (Å²) in [6.07, 6.45) is 4.53. The topological polar surface area (TPSA) is 136 Å². The van der Waals surface area contributed by atoms with Crippen molar-refractivity contribution in [3.63, 3.8) is 0 Å². The highest BCUT2D eigenvalue weighted by Gasteiger charge is 2.48. The number of allylic oxidation sites excluding steroid dienone is 2. The number of nitro benzene ring substituents is 2. The van der Waals surface area contributed by atoms with E-state index >= 15 is 0 Å². The van der Waals surface area contributed by atoms with Crippen molar-refractivity contribution in [3.8, 4) is 0 Å². The zero-order valence-electron chi connectivity index (χ0n) is 12.2. The first kappa shape index (κ1) is 15.6. The lowest BCUT2D eigenvalue weighted by molar-refractivity contribution is -0.393. The predicted octanol–water partition coefficient (Wildman–Crippen LogP) is 1.78. The molecule has 1 N–H and O–H groups in total. The normalized spacial score (nSPS) is 22.4. The molecule has 0 saturated carbocycles. The van der Waals surface area contributed by atoms with Crippen LogP contribution in [0.25, 0.3) is 0 Å². The van der Waals surface area contributed by atoms with Gasteiger partial charge in [0.1, 0.15) is 5.69 Å². The third kappa shape index (κ3) is 2.47. The maximum Gasteiger partial charge on any atom is 0.300 e. The zero-order chi connectivity index (χ0) is 17.4. The first-order chi connectivity index (χ1) is 11.4. The summed E-state index contributed by atoms with van der Waals surface area (Å²) in [5.74, 6) is -1.87. The molecule has 1 heterocycles. The Balaban J connectivity index is 1.91. The van der Waals surface area contributed by atoms with Crippen LogP contribution in [-0.2, 0) is 9.59 Å². The maximum absolute atomic E-state index is 12.3. The Morgan fingerprint density at radius 1 is 1.00 bits per heavy atom. The van der Waals surface area contributed by atoms with Crippen LogP contribution in [0.1, 0.15) is 12.8 Å². The number of fused-ring (bicyclic) bond motifs is 1. The molecule has 0 bridgehead atoms. The highest BCUT2D eigenvalue weighted by Crippen LogP contribution is 2.36. The predicted molar refractivity (Wildman–Crippen MR) is 80.6 cm³/mol. The molecule has 0 radical (unpaired) electrons. The van der Waals surface area contributed by atoms with Gasteiger partial charge in [-0.15, -0.1) is 0 Å². The van der Waals surface area contributed by atoms with Crippen LogP contribution < -0.4 is 5.43 Å². The van der Waals surface area contributed by atoms with Crippen molar-refractivity contribution >= 4 is 28.9 Å². The summed E-state index contributed by atoms with van der Waals surface area (Å²) in [6, 6.07) is 2.95. The minimum absolute atomic E-state index is 0.154. The molecule has 0 spiro atoms. The Labute approximate surface area is 135 Å².